The van der Waals surface area contributed by atoms with Crippen molar-refractivity contribution in [3.63, 3.8) is 0 Å². The van der Waals surface area contributed by atoms with Crippen LogP contribution in [0.1, 0.15) is 25.8 Å². The second-order valence-electron chi connectivity index (χ2n) is 10.3. The first kappa shape index (κ1) is 24.8. The van der Waals surface area contributed by atoms with Gasteiger partial charge in [0.15, 0.2) is 17.4 Å². The van der Waals surface area contributed by atoms with Crippen LogP contribution in [0.25, 0.3) is 17.2 Å². The van der Waals surface area contributed by atoms with Crippen molar-refractivity contribution < 1.29 is 13.9 Å². The van der Waals surface area contributed by atoms with E-state index >= 15 is 0 Å². The molecule has 0 N–H and O–H groups in total. The molecule has 8 nitrogen and oxygen atoms in total. The van der Waals surface area contributed by atoms with E-state index in [-0.39, 0.29) is 29.1 Å². The van der Waals surface area contributed by atoms with Crippen molar-refractivity contribution in [1.82, 2.24) is 24.2 Å². The van der Waals surface area contributed by atoms with Gasteiger partial charge in [0, 0.05) is 43.2 Å². The highest BCUT2D eigenvalue weighted by Crippen LogP contribution is 2.37. The van der Waals surface area contributed by atoms with Gasteiger partial charge in [-0.2, -0.15) is 4.68 Å². The summed E-state index contributed by atoms with van der Waals surface area (Å²) in [5, 5.41) is 4.37. The Morgan fingerprint density at radius 2 is 2.00 bits per heavy atom. The van der Waals surface area contributed by atoms with Gasteiger partial charge in [-0.15, -0.1) is 5.10 Å². The molecule has 2 aliphatic rings. The maximum Gasteiger partial charge on any atom is 0.352 e. The molecule has 2 aliphatic heterocycles. The lowest BCUT2D eigenvalue weighted by molar-refractivity contribution is -0.188. The van der Waals surface area contributed by atoms with Crippen LogP contribution in [0, 0.1) is 17.2 Å². The lowest BCUT2D eigenvalue weighted by Crippen LogP contribution is -2.66. The average molecular weight is 514 g/mol. The summed E-state index contributed by atoms with van der Waals surface area (Å²) in [5.41, 5.74) is 1.41. The summed E-state index contributed by atoms with van der Waals surface area (Å²) in [6.07, 6.45) is 2.94. The summed E-state index contributed by atoms with van der Waals surface area (Å²) in [4.78, 5) is 32.8. The molecule has 0 unspecified atom stereocenters. The number of likely N-dealkylation sites (tertiary alicyclic amines) is 1. The highest BCUT2D eigenvalue weighted by atomic mass is 35.5. The molecule has 0 radical (unpaired) electrons. The number of carbonyl (C=O) groups excluding carboxylic acids is 1. The fourth-order valence-corrected chi connectivity index (χ4v) is 5.02. The highest BCUT2D eigenvalue weighted by Gasteiger charge is 2.48. The molecule has 3 aromatic rings. The molecule has 0 aliphatic carbocycles. The first-order chi connectivity index (χ1) is 17.2. The van der Waals surface area contributed by atoms with Crippen molar-refractivity contribution in [2.75, 3.05) is 32.8 Å². The third-order valence-electron chi connectivity index (χ3n) is 6.69. The highest BCUT2D eigenvalue weighted by molar-refractivity contribution is 6.31. The normalized spacial score (nSPS) is 16.8. The predicted octanol–water partition coefficient (Wildman–Crippen LogP) is 3.38. The van der Waals surface area contributed by atoms with Gasteiger partial charge < -0.3 is 9.64 Å². The number of ether oxygens (including phenoxy) is 1. The number of halogens is 2. The Morgan fingerprint density at radius 3 is 2.61 bits per heavy atom. The van der Waals surface area contributed by atoms with E-state index in [1.807, 2.05) is 19.9 Å². The lowest BCUT2D eigenvalue weighted by Gasteiger charge is -2.55. The van der Waals surface area contributed by atoms with Gasteiger partial charge in [-0.25, -0.2) is 14.2 Å². The fraction of sp³-hybridized carbons (Fsp3) is 0.462. The van der Waals surface area contributed by atoms with Gasteiger partial charge in [-0.05, 0) is 42.2 Å². The van der Waals surface area contributed by atoms with Crippen molar-refractivity contribution in [1.29, 1.82) is 0 Å². The van der Waals surface area contributed by atoms with Crippen molar-refractivity contribution in [2.24, 2.45) is 11.3 Å². The molecular weight excluding hydrogens is 485 g/mol. The number of hydrogen-bond donors (Lipinski definition) is 0. The molecular formula is C26H29ClFN5O3. The molecule has 2 saturated heterocycles. The molecule has 36 heavy (non-hydrogen) atoms. The molecule has 0 saturated carbocycles. The summed E-state index contributed by atoms with van der Waals surface area (Å²) in [6.45, 7) is 8.60. The van der Waals surface area contributed by atoms with Crippen LogP contribution in [0.3, 0.4) is 0 Å². The minimum absolute atomic E-state index is 0.0880. The number of ketones is 1. The smallest absolute Gasteiger partial charge is 0.352 e. The minimum atomic E-state index is -0.573. The Bertz CT molecular complexity index is 1320. The number of aromatic nitrogens is 4. The maximum atomic E-state index is 13.8. The first-order valence-electron chi connectivity index (χ1n) is 12.2. The van der Waals surface area contributed by atoms with Crippen molar-refractivity contribution >= 4 is 17.4 Å². The molecule has 2 aromatic heterocycles. The van der Waals surface area contributed by atoms with Crippen LogP contribution < -0.4 is 5.69 Å². The molecule has 0 amide bonds. The van der Waals surface area contributed by atoms with Gasteiger partial charge in [0.05, 0.1) is 24.8 Å². The fourth-order valence-electron chi connectivity index (χ4n) is 4.84. The second-order valence-corrected chi connectivity index (χ2v) is 10.8. The first-order valence-corrected chi connectivity index (χ1v) is 12.5. The van der Waals surface area contributed by atoms with Crippen LogP contribution in [-0.2, 0) is 22.5 Å². The van der Waals surface area contributed by atoms with Crippen LogP contribution in [0.15, 0.2) is 41.3 Å². The van der Waals surface area contributed by atoms with Crippen LogP contribution in [-0.4, -0.2) is 62.9 Å². The zero-order valence-corrected chi connectivity index (χ0v) is 21.2. The number of nitrogens with zero attached hydrogens (tertiary/aromatic N) is 5. The third-order valence-corrected chi connectivity index (χ3v) is 6.98. The zero-order valence-electron chi connectivity index (χ0n) is 20.4. The molecule has 0 atom stereocenters. The van der Waals surface area contributed by atoms with Crippen LogP contribution in [0.5, 0.6) is 0 Å². The van der Waals surface area contributed by atoms with Crippen molar-refractivity contribution in [3.8, 4) is 17.2 Å². The summed E-state index contributed by atoms with van der Waals surface area (Å²) >= 11 is 5.98. The van der Waals surface area contributed by atoms with Crippen molar-refractivity contribution in [3.05, 3.63) is 63.4 Å². The largest absolute Gasteiger partial charge is 0.380 e. The summed E-state index contributed by atoms with van der Waals surface area (Å²) in [6, 6.07) is 7.80. The Labute approximate surface area is 213 Å². The van der Waals surface area contributed by atoms with E-state index in [2.05, 4.69) is 15.0 Å². The van der Waals surface area contributed by atoms with E-state index in [1.54, 1.807) is 12.3 Å². The van der Waals surface area contributed by atoms with Gasteiger partial charge >= 0.3 is 5.69 Å². The van der Waals surface area contributed by atoms with Gasteiger partial charge in [-0.1, -0.05) is 31.5 Å². The summed E-state index contributed by atoms with van der Waals surface area (Å²) in [5.74, 6) is 0.0753. The maximum absolute atomic E-state index is 13.8. The van der Waals surface area contributed by atoms with Gasteiger partial charge in [0.2, 0.25) is 0 Å². The quantitative estimate of drug-likeness (QED) is 0.436. The second kappa shape index (κ2) is 9.88. The third kappa shape index (κ3) is 5.00. The average Bonchev–Trinajstić information content (AvgIpc) is 3.09. The van der Waals surface area contributed by atoms with Crippen molar-refractivity contribution in [2.45, 2.75) is 33.2 Å². The van der Waals surface area contributed by atoms with E-state index < -0.39 is 11.5 Å². The van der Waals surface area contributed by atoms with Gasteiger partial charge in [0.1, 0.15) is 5.82 Å². The Hall–Kier alpha value is -2.88. The molecule has 10 heteroatoms. The Morgan fingerprint density at radius 1 is 1.22 bits per heavy atom. The van der Waals surface area contributed by atoms with E-state index in [9.17, 15) is 14.0 Å². The number of benzene rings is 1. The SMILES string of the molecule is CC(C)CC(=O)Cn1c(-c2ccc(F)c(Cl)c2)nn(-c2ccc(CCN3CC4(COC4)C3)cn2)c1=O. The molecule has 2 fully saturated rings. The predicted molar refractivity (Wildman–Crippen MR) is 134 cm³/mol. The lowest BCUT2D eigenvalue weighted by atomic mass is 9.78. The number of hydrogen-bond acceptors (Lipinski definition) is 6. The topological polar surface area (TPSA) is 82.2 Å². The van der Waals surface area contributed by atoms with Gasteiger partial charge in [-0.3, -0.25) is 9.36 Å². The summed E-state index contributed by atoms with van der Waals surface area (Å²) < 4.78 is 21.6. The molecule has 0 bridgehead atoms. The number of Topliss-reactive ketones (excluding diaryl/α,β-unsaturated/α-hetero) is 1. The van der Waals surface area contributed by atoms with Gasteiger partial charge in [0.25, 0.3) is 0 Å². The standard InChI is InChI=1S/C26H29ClFN5O3/c1-17(2)9-20(34)12-32-24(19-4-5-22(28)21(27)10-19)30-33(25(32)35)23-6-3-18(11-29-23)7-8-31-13-26(14-31)15-36-16-26/h3-6,10-11,17H,7-9,12-16H2,1-2H3. The monoisotopic (exact) mass is 513 g/mol. The minimum Gasteiger partial charge on any atom is -0.380 e. The number of pyridine rings is 1. The van der Waals surface area contributed by atoms with Crippen LogP contribution >= 0.6 is 11.6 Å². The Balaban J connectivity index is 1.37. The summed E-state index contributed by atoms with van der Waals surface area (Å²) in [7, 11) is 0. The zero-order chi connectivity index (χ0) is 25.4. The molecule has 5 rings (SSSR count). The van der Waals surface area contributed by atoms with E-state index in [0.717, 1.165) is 44.8 Å². The Kier molecular flexibility index (Phi) is 6.80. The van der Waals surface area contributed by atoms with Crippen LogP contribution in [0.4, 0.5) is 4.39 Å². The number of rotatable bonds is 9. The molecule has 1 spiro atoms. The van der Waals surface area contributed by atoms with E-state index in [1.165, 1.54) is 27.4 Å². The van der Waals surface area contributed by atoms with E-state index in [0.29, 0.717) is 23.2 Å². The molecule has 190 valence electrons. The van der Waals surface area contributed by atoms with E-state index in [4.69, 9.17) is 16.3 Å². The number of carbonyl (C=O) groups is 1. The van der Waals surface area contributed by atoms with Crippen LogP contribution in [0.2, 0.25) is 5.02 Å². The molecule has 4 heterocycles. The molecule has 1 aromatic carbocycles.